The molecule has 11 nitrogen and oxygen atoms in total. The summed E-state index contributed by atoms with van der Waals surface area (Å²) in [5.74, 6) is 0.118. The molecule has 2 atom stereocenters. The molecule has 0 saturated carbocycles. The van der Waals surface area contributed by atoms with Crippen molar-refractivity contribution in [3.8, 4) is 5.88 Å². The van der Waals surface area contributed by atoms with Gasteiger partial charge in [0.1, 0.15) is 26.0 Å². The van der Waals surface area contributed by atoms with Crippen LogP contribution < -0.4 is 14.9 Å². The first-order valence-corrected chi connectivity index (χ1v) is 17.0. The van der Waals surface area contributed by atoms with E-state index in [1.807, 2.05) is 21.1 Å². The van der Waals surface area contributed by atoms with Crippen molar-refractivity contribution in [1.29, 1.82) is 0 Å². The number of hydrogen-bond acceptors (Lipinski definition) is 9. The molecule has 1 aromatic rings. The number of quaternary nitrogens is 1. The third-order valence-electron chi connectivity index (χ3n) is 6.58. The molecule has 0 aromatic carbocycles. The van der Waals surface area contributed by atoms with Gasteiger partial charge in [-0.3, -0.25) is 4.57 Å². The summed E-state index contributed by atoms with van der Waals surface area (Å²) in [7, 11) is 1.20. The third-order valence-corrected chi connectivity index (χ3v) is 7.55. The zero-order valence-corrected chi connectivity index (χ0v) is 26.9. The van der Waals surface area contributed by atoms with Gasteiger partial charge in [-0.05, 0) is 11.6 Å². The zero-order valence-electron chi connectivity index (χ0n) is 26.0. The van der Waals surface area contributed by atoms with E-state index in [0.717, 1.165) is 19.3 Å². The highest BCUT2D eigenvalue weighted by molar-refractivity contribution is 7.45. The molecular weight excluding hydrogens is 549 g/mol. The summed E-state index contributed by atoms with van der Waals surface area (Å²) in [6, 6.07) is 1.46. The number of alkyl carbamates (subject to hydrolysis) is 1. The van der Waals surface area contributed by atoms with E-state index >= 15 is 0 Å². The molecule has 0 aliphatic carbocycles. The van der Waals surface area contributed by atoms with Gasteiger partial charge in [-0.25, -0.2) is 4.79 Å². The number of phosphoric ester groups is 1. The first-order valence-electron chi connectivity index (χ1n) is 15.5. The summed E-state index contributed by atoms with van der Waals surface area (Å²) >= 11 is 0. The zero-order chi connectivity index (χ0) is 30.2. The van der Waals surface area contributed by atoms with E-state index in [2.05, 4.69) is 17.4 Å². The van der Waals surface area contributed by atoms with Crippen molar-refractivity contribution in [2.24, 2.45) is 0 Å². The minimum absolute atomic E-state index is 0.0166. The molecule has 1 amide bonds. The Labute approximate surface area is 247 Å². The Balaban J connectivity index is 2.13. The van der Waals surface area contributed by atoms with Gasteiger partial charge in [-0.1, -0.05) is 96.8 Å². The maximum atomic E-state index is 12.1. The largest absolute Gasteiger partial charge is 0.756 e. The van der Waals surface area contributed by atoms with Crippen molar-refractivity contribution >= 4 is 13.9 Å². The Morgan fingerprint density at radius 2 is 1.49 bits per heavy atom. The van der Waals surface area contributed by atoms with Gasteiger partial charge in [-0.15, -0.1) is 0 Å². The molecule has 0 bridgehead atoms. The predicted molar refractivity (Wildman–Crippen MR) is 158 cm³/mol. The topological polar surface area (TPSA) is 132 Å². The molecule has 0 radical (unpaired) electrons. The lowest BCUT2D eigenvalue weighted by Crippen LogP contribution is -2.38. The molecule has 0 aliphatic heterocycles. The second-order valence-corrected chi connectivity index (χ2v) is 13.1. The molecule has 0 saturated heterocycles. The van der Waals surface area contributed by atoms with Crippen molar-refractivity contribution in [1.82, 2.24) is 10.5 Å². The van der Waals surface area contributed by atoms with Crippen LogP contribution in [-0.4, -0.2) is 75.9 Å². The van der Waals surface area contributed by atoms with Gasteiger partial charge in [0.25, 0.3) is 13.7 Å². The quantitative estimate of drug-likeness (QED) is 0.0704. The molecule has 0 aliphatic rings. The lowest BCUT2D eigenvalue weighted by Gasteiger charge is -2.28. The van der Waals surface area contributed by atoms with Gasteiger partial charge in [0.15, 0.2) is 6.10 Å². The highest BCUT2D eigenvalue weighted by Gasteiger charge is 2.20. The summed E-state index contributed by atoms with van der Waals surface area (Å²) in [6.07, 6.45) is 19.0. The number of carbonyl (C=O) groups is 1. The number of unbranched alkanes of at least 4 members (excludes halogenated alkanes) is 14. The van der Waals surface area contributed by atoms with Crippen LogP contribution in [0.2, 0.25) is 0 Å². The molecule has 240 valence electrons. The van der Waals surface area contributed by atoms with Crippen LogP contribution in [0, 0.1) is 0 Å². The number of phosphoric acid groups is 1. The molecule has 0 spiro atoms. The van der Waals surface area contributed by atoms with Gasteiger partial charge in [0, 0.05) is 12.6 Å². The fourth-order valence-electron chi connectivity index (χ4n) is 4.09. The normalized spacial score (nSPS) is 14.0. The third kappa shape index (κ3) is 23.6. The lowest BCUT2D eigenvalue weighted by atomic mass is 10.0. The van der Waals surface area contributed by atoms with E-state index in [1.54, 1.807) is 0 Å². The van der Waals surface area contributed by atoms with Crippen LogP contribution in [0.4, 0.5) is 4.79 Å². The number of nitrogens with one attached hydrogen (secondary N) is 1. The van der Waals surface area contributed by atoms with E-state index in [9.17, 15) is 14.3 Å². The average Bonchev–Trinajstić information content (AvgIpc) is 3.42. The van der Waals surface area contributed by atoms with Crippen LogP contribution in [0.3, 0.4) is 0 Å². The Morgan fingerprint density at radius 3 is 2.00 bits per heavy atom. The molecule has 1 rings (SSSR count). The smallest absolute Gasteiger partial charge is 0.407 e. The Bertz CT molecular complexity index is 804. The summed E-state index contributed by atoms with van der Waals surface area (Å²) in [5.41, 5.74) is 0. The van der Waals surface area contributed by atoms with Crippen LogP contribution in [0.1, 0.15) is 103 Å². The maximum Gasteiger partial charge on any atom is 0.407 e. The first kappa shape index (κ1) is 37.4. The highest BCUT2D eigenvalue weighted by Crippen LogP contribution is 2.38. The second kappa shape index (κ2) is 22.9. The van der Waals surface area contributed by atoms with Crippen molar-refractivity contribution < 1.29 is 41.8 Å². The fourth-order valence-corrected chi connectivity index (χ4v) is 4.82. The van der Waals surface area contributed by atoms with E-state index < -0.39 is 26.6 Å². The van der Waals surface area contributed by atoms with E-state index in [1.165, 1.54) is 89.4 Å². The standard InChI is InChI=1S/C29H56N3O8P/c1-5-6-7-8-9-10-11-12-13-14-15-16-17-18-19-21-30-29(33)36-25-27(40-28-20-23-37-31-28)26-39-41(34,35)38-24-22-32(2,3)4/h20,23,27H,5-19,21-22,24-26H2,1-4H3,(H-,30,33,34,35)/t27-/m0/s1. The Hall–Kier alpha value is -1.65. The monoisotopic (exact) mass is 605 g/mol. The molecule has 1 aromatic heterocycles. The van der Waals surface area contributed by atoms with Gasteiger partial charge in [0.05, 0.1) is 27.7 Å². The average molecular weight is 606 g/mol. The lowest BCUT2D eigenvalue weighted by molar-refractivity contribution is -0.870. The minimum atomic E-state index is -4.56. The van der Waals surface area contributed by atoms with Crippen LogP contribution >= 0.6 is 7.82 Å². The molecule has 1 unspecified atom stereocenters. The van der Waals surface area contributed by atoms with Gasteiger partial charge >= 0.3 is 6.09 Å². The first-order chi connectivity index (χ1) is 19.6. The number of carbonyl (C=O) groups excluding carboxylic acids is 1. The van der Waals surface area contributed by atoms with Crippen LogP contribution in [0.25, 0.3) is 0 Å². The molecule has 1 N–H and O–H groups in total. The molecular formula is C29H56N3O8P. The number of rotatable bonds is 27. The van der Waals surface area contributed by atoms with Gasteiger partial charge in [-0.2, -0.15) is 0 Å². The second-order valence-electron chi connectivity index (χ2n) is 11.6. The van der Waals surface area contributed by atoms with Crippen LogP contribution in [0.15, 0.2) is 16.9 Å². The summed E-state index contributed by atoms with van der Waals surface area (Å²) < 4.78 is 38.0. The summed E-state index contributed by atoms with van der Waals surface area (Å²) in [4.78, 5) is 24.2. The molecule has 0 fully saturated rings. The molecule has 12 heteroatoms. The SMILES string of the molecule is CCCCCCCCCCCCCCCCCNC(=O)OC[C@@H](COP(=O)([O-])OCC[N+](C)(C)C)Oc1ccon1. The Kier molecular flexibility index (Phi) is 20.9. The highest BCUT2D eigenvalue weighted by atomic mass is 31.2. The van der Waals surface area contributed by atoms with Crippen LogP contribution in [-0.2, 0) is 18.3 Å². The van der Waals surface area contributed by atoms with Crippen molar-refractivity contribution in [3.05, 3.63) is 12.3 Å². The number of nitrogens with zero attached hydrogens (tertiary/aromatic N) is 2. The number of amides is 1. The number of ether oxygens (including phenoxy) is 2. The van der Waals surface area contributed by atoms with E-state index in [0.29, 0.717) is 17.6 Å². The number of aromatic nitrogens is 1. The predicted octanol–water partition coefficient (Wildman–Crippen LogP) is 6.23. The number of hydrogen-bond donors (Lipinski definition) is 1. The van der Waals surface area contributed by atoms with Crippen LogP contribution in [0.5, 0.6) is 5.88 Å². The molecule has 41 heavy (non-hydrogen) atoms. The van der Waals surface area contributed by atoms with Crippen molar-refractivity contribution in [3.63, 3.8) is 0 Å². The van der Waals surface area contributed by atoms with E-state index in [4.69, 9.17) is 23.0 Å². The fraction of sp³-hybridized carbons (Fsp3) is 0.862. The maximum absolute atomic E-state index is 12.1. The summed E-state index contributed by atoms with van der Waals surface area (Å²) in [6.45, 7) is 2.59. The Morgan fingerprint density at radius 1 is 0.927 bits per heavy atom. The van der Waals surface area contributed by atoms with Gasteiger partial charge < -0.3 is 37.7 Å². The minimum Gasteiger partial charge on any atom is -0.756 e. The van der Waals surface area contributed by atoms with Crippen molar-refractivity contribution in [2.45, 2.75) is 109 Å². The molecule has 1 heterocycles. The van der Waals surface area contributed by atoms with E-state index in [-0.39, 0.29) is 19.1 Å². The number of likely N-dealkylation sites (N-methyl/N-ethyl adjacent to an activating group) is 1. The summed E-state index contributed by atoms with van der Waals surface area (Å²) in [5, 5.41) is 6.36. The van der Waals surface area contributed by atoms with Gasteiger partial charge in [0.2, 0.25) is 0 Å². The van der Waals surface area contributed by atoms with Crippen molar-refractivity contribution in [2.75, 3.05) is 54.1 Å².